The average Bonchev–Trinajstić information content (AvgIpc) is 4.42. The summed E-state index contributed by atoms with van der Waals surface area (Å²) in [4.78, 5) is 125. The number of para-hydroxylation sites is 4. The van der Waals surface area contributed by atoms with Crippen LogP contribution >= 0.6 is 0 Å². The molecule has 16 N–H and O–H groups in total. The van der Waals surface area contributed by atoms with Gasteiger partial charge >= 0.3 is 5.97 Å². The van der Waals surface area contributed by atoms with Crippen molar-refractivity contribution in [3.63, 3.8) is 0 Å². The van der Waals surface area contributed by atoms with Crippen LogP contribution < -0.4 is 43.4 Å². The third-order valence-electron chi connectivity index (χ3n) is 14.9. The Labute approximate surface area is 481 Å². The molecule has 0 saturated carbocycles. The quantitative estimate of drug-likeness (QED) is 0.0371. The summed E-state index contributed by atoms with van der Waals surface area (Å²) in [5.74, 6) is -7.75. The van der Waals surface area contributed by atoms with Gasteiger partial charge in [-0.2, -0.15) is 0 Å². The maximum Gasteiger partial charge on any atom is 0.305 e. The van der Waals surface area contributed by atoms with Crippen molar-refractivity contribution in [2.45, 2.75) is 94.7 Å². The molecule has 4 aromatic heterocycles. The second kappa shape index (κ2) is 26.1. The maximum atomic E-state index is 15.1. The number of phenols is 1. The SMILES string of the molecule is CC(C)C(NC(=O)C(Cc1c[nH]c2ccccc12)NC(=O)C(Cc1ccc(O)cc1)NC(=O)C(N)CC(=O)O)C(=O)NC(Cc1c[nH]c2ccccc12)C(=O)NC(Cc1c[nH]c2ccccc12)C(=O)NC(Cc1c[nH]c2ccccc12)C(N)=O. The fraction of sp³-hybridized carbons (Fsp3) is 0.258. The van der Waals surface area contributed by atoms with Crippen LogP contribution in [0.2, 0.25) is 0 Å². The van der Waals surface area contributed by atoms with Crippen LogP contribution in [0, 0.1) is 5.92 Å². The highest BCUT2D eigenvalue weighted by Crippen LogP contribution is 2.24. The summed E-state index contributed by atoms with van der Waals surface area (Å²) in [6, 6.07) is 25.7. The molecule has 7 amide bonds. The number of aromatic nitrogens is 4. The molecule has 22 heteroatoms. The fourth-order valence-electron chi connectivity index (χ4n) is 10.4. The summed E-state index contributed by atoms with van der Waals surface area (Å²) in [7, 11) is 0. The number of primary amides is 1. The second-order valence-corrected chi connectivity index (χ2v) is 21.3. The van der Waals surface area contributed by atoms with Crippen LogP contribution in [0.15, 0.2) is 146 Å². The molecule has 0 spiro atoms. The van der Waals surface area contributed by atoms with E-state index in [1.54, 1.807) is 44.7 Å². The molecule has 84 heavy (non-hydrogen) atoms. The molecule has 0 radical (unpaired) electrons. The van der Waals surface area contributed by atoms with Crippen LogP contribution in [0.1, 0.15) is 48.1 Å². The lowest BCUT2D eigenvalue weighted by Gasteiger charge is -2.29. The average molecular weight is 1140 g/mol. The van der Waals surface area contributed by atoms with Crippen molar-refractivity contribution in [1.82, 2.24) is 51.8 Å². The number of aromatic hydroxyl groups is 1. The van der Waals surface area contributed by atoms with E-state index in [2.05, 4.69) is 51.8 Å². The Kier molecular flexibility index (Phi) is 18.2. The Morgan fingerprint density at radius 1 is 0.429 bits per heavy atom. The molecule has 0 fully saturated rings. The van der Waals surface area contributed by atoms with Gasteiger partial charge in [0, 0.05) is 101 Å². The van der Waals surface area contributed by atoms with Gasteiger partial charge in [0.15, 0.2) is 0 Å². The molecule has 0 aliphatic rings. The highest BCUT2D eigenvalue weighted by molar-refractivity contribution is 5.99. The topological polar surface area (TPSA) is 364 Å². The van der Waals surface area contributed by atoms with Crippen molar-refractivity contribution in [3.8, 4) is 5.75 Å². The predicted molar refractivity (Wildman–Crippen MR) is 316 cm³/mol. The van der Waals surface area contributed by atoms with Crippen LogP contribution in [0.3, 0.4) is 0 Å². The number of nitrogens with two attached hydrogens (primary N) is 2. The van der Waals surface area contributed by atoms with E-state index in [-0.39, 0.29) is 37.9 Å². The van der Waals surface area contributed by atoms with Crippen molar-refractivity contribution < 1.29 is 48.6 Å². The summed E-state index contributed by atoms with van der Waals surface area (Å²) in [5.41, 5.74) is 18.1. The highest BCUT2D eigenvalue weighted by Gasteiger charge is 2.36. The maximum absolute atomic E-state index is 15.1. The van der Waals surface area contributed by atoms with Crippen molar-refractivity contribution >= 4 is 90.9 Å². The molecular formula is C62H66N12O10. The third-order valence-corrected chi connectivity index (χ3v) is 14.9. The molecule has 7 atom stereocenters. The molecule has 7 unspecified atom stereocenters. The number of nitrogens with one attached hydrogen (secondary N) is 10. The number of aliphatic carboxylic acids is 1. The normalized spacial score (nSPS) is 14.0. The van der Waals surface area contributed by atoms with Crippen LogP contribution in [-0.2, 0) is 70.5 Å². The molecule has 4 heterocycles. The lowest BCUT2D eigenvalue weighted by atomic mass is 9.98. The number of amides is 7. The van der Waals surface area contributed by atoms with E-state index in [0.717, 1.165) is 49.2 Å². The largest absolute Gasteiger partial charge is 0.508 e. The number of hydrogen-bond donors (Lipinski definition) is 14. The fourth-order valence-corrected chi connectivity index (χ4v) is 10.4. The van der Waals surface area contributed by atoms with Crippen LogP contribution in [0.4, 0.5) is 0 Å². The zero-order valence-electron chi connectivity index (χ0n) is 46.0. The molecule has 434 valence electrons. The molecule has 9 rings (SSSR count). The minimum absolute atomic E-state index is 0.0347. The summed E-state index contributed by atoms with van der Waals surface area (Å²) >= 11 is 0. The number of carboxylic acids is 1. The molecule has 0 saturated heterocycles. The molecule has 0 aliphatic heterocycles. The molecular weight excluding hydrogens is 1070 g/mol. The standard InChI is InChI=1S/C62H66N12O10/c1-33(2)55(74-61(83)53(27-38-32-68-48-18-10-6-14-43(38)48)72-58(80)50(23-34-19-21-39(75)22-20-34)70-57(79)44(63)28-54(76)77)62(84)73-52(26-37-31-67-47-17-9-5-13-42(37)47)60(82)71-51(25-36-30-66-46-16-8-4-12-41(36)46)59(81)69-49(56(64)78)24-35-29-65-45-15-7-3-11-40(35)45/h3-22,29-33,44,49-53,55,65-68,75H,23-28,63H2,1-2H3,(H2,64,78)(H,69,81)(H,70,79)(H,71,82)(H,72,80)(H,73,84)(H,74,83)(H,76,77). The monoisotopic (exact) mass is 1140 g/mol. The van der Waals surface area contributed by atoms with Gasteiger partial charge in [0.2, 0.25) is 41.4 Å². The van der Waals surface area contributed by atoms with Gasteiger partial charge in [0.25, 0.3) is 0 Å². The number of carboxylic acid groups (broad SMARTS) is 1. The van der Waals surface area contributed by atoms with E-state index in [1.165, 1.54) is 24.3 Å². The van der Waals surface area contributed by atoms with E-state index in [1.807, 2.05) is 91.0 Å². The van der Waals surface area contributed by atoms with Gasteiger partial charge in [-0.3, -0.25) is 38.4 Å². The Balaban J connectivity index is 1.00. The molecule has 22 nitrogen and oxygen atoms in total. The molecule has 5 aromatic carbocycles. The number of benzene rings is 5. The number of carbonyl (C=O) groups is 8. The Hall–Kier alpha value is -10.2. The predicted octanol–water partition coefficient (Wildman–Crippen LogP) is 3.68. The van der Waals surface area contributed by atoms with Gasteiger partial charge in [-0.1, -0.05) is 98.8 Å². The number of H-pyrrole nitrogens is 4. The van der Waals surface area contributed by atoms with Crippen LogP contribution in [-0.4, -0.2) is 120 Å². The van der Waals surface area contributed by atoms with Gasteiger partial charge in [-0.25, -0.2) is 0 Å². The van der Waals surface area contributed by atoms with E-state index < -0.39 is 102 Å². The van der Waals surface area contributed by atoms with Crippen LogP contribution in [0.5, 0.6) is 5.75 Å². The first kappa shape index (κ1) is 58.4. The van der Waals surface area contributed by atoms with Crippen LogP contribution in [0.25, 0.3) is 43.6 Å². The minimum Gasteiger partial charge on any atom is -0.508 e. The Morgan fingerprint density at radius 3 is 1.12 bits per heavy atom. The lowest BCUT2D eigenvalue weighted by Crippen LogP contribution is -2.61. The summed E-state index contributed by atoms with van der Waals surface area (Å²) < 4.78 is 0. The highest BCUT2D eigenvalue weighted by atomic mass is 16.4. The summed E-state index contributed by atoms with van der Waals surface area (Å²) in [6.07, 6.45) is 5.71. The third kappa shape index (κ3) is 14.1. The minimum atomic E-state index is -1.53. The zero-order chi connectivity index (χ0) is 59.6. The van der Waals surface area contributed by atoms with E-state index >= 15 is 4.79 Å². The Bertz CT molecular complexity index is 3880. The van der Waals surface area contributed by atoms with Gasteiger partial charge in [-0.05, 0) is 70.1 Å². The number of aromatic amines is 4. The lowest BCUT2D eigenvalue weighted by molar-refractivity contribution is -0.140. The van der Waals surface area contributed by atoms with Crippen molar-refractivity contribution in [2.24, 2.45) is 17.4 Å². The van der Waals surface area contributed by atoms with Crippen molar-refractivity contribution in [2.75, 3.05) is 0 Å². The number of carbonyl (C=O) groups excluding carboxylic acids is 7. The van der Waals surface area contributed by atoms with Gasteiger partial charge in [-0.15, -0.1) is 0 Å². The van der Waals surface area contributed by atoms with Crippen molar-refractivity contribution in [3.05, 3.63) is 174 Å². The second-order valence-electron chi connectivity index (χ2n) is 21.3. The van der Waals surface area contributed by atoms with E-state index in [4.69, 9.17) is 11.5 Å². The first-order chi connectivity index (χ1) is 40.4. The number of fused-ring (bicyclic) bond motifs is 4. The molecule has 9 aromatic rings. The van der Waals surface area contributed by atoms with E-state index in [9.17, 15) is 43.8 Å². The smallest absolute Gasteiger partial charge is 0.305 e. The van der Waals surface area contributed by atoms with E-state index in [0.29, 0.717) is 22.3 Å². The first-order valence-corrected chi connectivity index (χ1v) is 27.5. The zero-order valence-corrected chi connectivity index (χ0v) is 46.0. The number of phenolic OH excluding ortho intramolecular Hbond substituents is 1. The summed E-state index contributed by atoms with van der Waals surface area (Å²) in [6.45, 7) is 3.37. The number of hydrogen-bond acceptors (Lipinski definition) is 10. The first-order valence-electron chi connectivity index (χ1n) is 27.5. The summed E-state index contributed by atoms with van der Waals surface area (Å²) in [5, 5.41) is 39.2. The molecule has 0 bridgehead atoms. The molecule has 0 aliphatic carbocycles. The van der Waals surface area contributed by atoms with Gasteiger partial charge < -0.3 is 73.5 Å². The van der Waals surface area contributed by atoms with Gasteiger partial charge in [0.1, 0.15) is 42.0 Å². The van der Waals surface area contributed by atoms with Crippen molar-refractivity contribution in [1.29, 1.82) is 0 Å². The van der Waals surface area contributed by atoms with Gasteiger partial charge in [0.05, 0.1) is 12.5 Å². The number of rotatable bonds is 26. The Morgan fingerprint density at radius 2 is 0.750 bits per heavy atom.